The predicted molar refractivity (Wildman–Crippen MR) is 314 cm³/mol. The first-order valence-corrected chi connectivity index (χ1v) is 32.4. The Balaban J connectivity index is 1.31. The lowest BCUT2D eigenvalue weighted by atomic mass is 9.78. The molecule has 3 aliphatic rings. The number of Topliss-reactive ketones (excluding diaryl/α,β-unsaturated/α-hetero) is 1. The number of nitrogens with zero attached hydrogens (tertiary/aromatic N) is 3. The van der Waals surface area contributed by atoms with E-state index in [2.05, 4.69) is 93.1 Å². The fourth-order valence-corrected chi connectivity index (χ4v) is 15.6. The van der Waals surface area contributed by atoms with Crippen LogP contribution < -0.4 is 4.90 Å². The van der Waals surface area contributed by atoms with Crippen LogP contribution in [0.5, 0.6) is 0 Å². The minimum absolute atomic E-state index is 0.0719. The molecule has 0 spiro atoms. The van der Waals surface area contributed by atoms with Gasteiger partial charge in [0.1, 0.15) is 12.3 Å². The maximum Gasteiger partial charge on any atom is 0.265 e. The molecule has 7 rings (SSSR count). The molecule has 0 fully saturated rings. The molecule has 0 radical (unpaired) electrons. The zero-order valence-electron chi connectivity index (χ0n) is 45.6. The first-order chi connectivity index (χ1) is 37.5. The van der Waals surface area contributed by atoms with Crippen LogP contribution in [0.1, 0.15) is 105 Å². The molecule has 2 heterocycles. The summed E-state index contributed by atoms with van der Waals surface area (Å²) in [5.41, 5.74) is 6.16. The zero-order chi connectivity index (χ0) is 57.3. The molecule has 430 valence electrons. The van der Waals surface area contributed by atoms with Crippen molar-refractivity contribution in [1.29, 1.82) is 0 Å². The van der Waals surface area contributed by atoms with E-state index in [1.54, 1.807) is 19.2 Å². The smallest absolute Gasteiger partial charge is 0.265 e. The highest BCUT2D eigenvalue weighted by Crippen LogP contribution is 2.52. The summed E-state index contributed by atoms with van der Waals surface area (Å²) in [7, 11) is -6.71. The Kier molecular flexibility index (Phi) is 21.7. The lowest BCUT2D eigenvalue weighted by Crippen LogP contribution is -2.29. The summed E-state index contributed by atoms with van der Waals surface area (Å²) in [6.07, 6.45) is 12.6. The standard InChI is InChI=1S/C55H69N3O15S6/c1-53(2,3)49(59)21-12-30-56(8)79(66,67)46-20-11-18-42-40(46)25-27-44-51(42)55(6,7)48(58(44)32-14-34-76-72-69-61)29-23-38-16-9-15-37(52(38)74-35-36-78(63,64)65)22-28-47-54(4,5)50-41-17-10-19-45(77-73-70-62)39(41)24-26-43(50)57(47)31-13-33-75-71-68-60/h10-11,17-20,22-29H,9,12-16,21,30-36H2,1-8H3,(H3-,60,61,62,63,64,65)/p+1. The van der Waals surface area contributed by atoms with Gasteiger partial charge in [-0.2, -0.15) is 13.0 Å². The topological polar surface area (TPSA) is 231 Å². The zero-order valence-corrected chi connectivity index (χ0v) is 50.5. The molecule has 4 aromatic rings. The van der Waals surface area contributed by atoms with E-state index in [1.807, 2.05) is 57.2 Å². The monoisotopic (exact) mass is 1200 g/mol. The average molecular weight is 1210 g/mol. The molecular weight excluding hydrogens is 1140 g/mol. The molecule has 0 atom stereocenters. The molecule has 0 saturated heterocycles. The van der Waals surface area contributed by atoms with Crippen molar-refractivity contribution in [2.24, 2.45) is 5.41 Å². The van der Waals surface area contributed by atoms with Crippen LogP contribution >= 0.6 is 47.9 Å². The van der Waals surface area contributed by atoms with Gasteiger partial charge in [-0.15, -0.1) is 24.8 Å². The fourth-order valence-electron chi connectivity index (χ4n) is 10.8. The largest absolute Gasteiger partial charge is 0.344 e. The lowest BCUT2D eigenvalue weighted by molar-refractivity contribution is -0.438. The van der Waals surface area contributed by atoms with Gasteiger partial charge < -0.3 is 4.90 Å². The molecule has 0 unspecified atom stereocenters. The van der Waals surface area contributed by atoms with E-state index in [9.17, 15) is 26.2 Å². The first-order valence-electron chi connectivity index (χ1n) is 25.8. The number of hydrogen-bond donors (Lipinski definition) is 4. The van der Waals surface area contributed by atoms with E-state index in [1.165, 1.54) is 16.1 Å². The number of ketones is 1. The van der Waals surface area contributed by atoms with Crippen molar-refractivity contribution in [3.63, 3.8) is 0 Å². The quantitative estimate of drug-likeness (QED) is 0.0103. The van der Waals surface area contributed by atoms with Gasteiger partial charge in [0, 0.05) is 129 Å². The van der Waals surface area contributed by atoms with E-state index < -0.39 is 42.1 Å². The van der Waals surface area contributed by atoms with Crippen LogP contribution in [-0.2, 0) is 63.9 Å². The van der Waals surface area contributed by atoms with Crippen LogP contribution in [0.25, 0.3) is 21.5 Å². The number of carbonyl (C=O) groups is 1. The summed E-state index contributed by atoms with van der Waals surface area (Å²) in [6, 6.07) is 19.1. The van der Waals surface area contributed by atoms with Gasteiger partial charge in [0.25, 0.3) is 10.1 Å². The van der Waals surface area contributed by atoms with Gasteiger partial charge in [0.2, 0.25) is 15.7 Å². The number of benzene rings is 4. The molecule has 0 amide bonds. The Morgan fingerprint density at radius 3 is 2.13 bits per heavy atom. The second-order valence-electron chi connectivity index (χ2n) is 21.4. The van der Waals surface area contributed by atoms with Crippen molar-refractivity contribution in [3.8, 4) is 0 Å². The van der Waals surface area contributed by atoms with Gasteiger partial charge in [-0.1, -0.05) is 92.2 Å². The maximum atomic E-state index is 14.4. The third-order valence-electron chi connectivity index (χ3n) is 14.6. The van der Waals surface area contributed by atoms with E-state index in [-0.39, 0.29) is 29.4 Å². The Labute approximate surface area is 480 Å². The van der Waals surface area contributed by atoms with Gasteiger partial charge in [-0.05, 0) is 109 Å². The van der Waals surface area contributed by atoms with E-state index in [0.29, 0.717) is 62.1 Å². The van der Waals surface area contributed by atoms with Gasteiger partial charge >= 0.3 is 0 Å². The van der Waals surface area contributed by atoms with Crippen LogP contribution in [0.4, 0.5) is 11.4 Å². The highest BCUT2D eigenvalue weighted by molar-refractivity contribution is 8.04. The minimum atomic E-state index is -4.28. The van der Waals surface area contributed by atoms with Crippen LogP contribution in [0.2, 0.25) is 0 Å². The number of rotatable bonds is 28. The number of allylic oxidation sites excluding steroid dienone is 7. The summed E-state index contributed by atoms with van der Waals surface area (Å²) >= 11 is 4.24. The van der Waals surface area contributed by atoms with Crippen LogP contribution in [0, 0.1) is 5.41 Å². The van der Waals surface area contributed by atoms with Crippen molar-refractivity contribution in [2.75, 3.05) is 54.6 Å². The molecule has 4 N–H and O–H groups in total. The molecule has 0 saturated carbocycles. The molecule has 24 heteroatoms. The van der Waals surface area contributed by atoms with Crippen LogP contribution in [-0.4, -0.2) is 107 Å². The number of thioether (sulfide) groups is 1. The maximum absolute atomic E-state index is 14.4. The second-order valence-corrected chi connectivity index (χ2v) is 28.4. The molecule has 18 nitrogen and oxygen atoms in total. The number of fused-ring (bicyclic) bond motifs is 6. The number of anilines is 1. The summed E-state index contributed by atoms with van der Waals surface area (Å²) < 4.78 is 80.8. The third kappa shape index (κ3) is 14.6. The van der Waals surface area contributed by atoms with Crippen molar-refractivity contribution >= 4 is 112 Å². The van der Waals surface area contributed by atoms with E-state index in [0.717, 1.165) is 114 Å². The normalized spacial score (nSPS) is 17.7. The van der Waals surface area contributed by atoms with Gasteiger partial charge in [0.05, 0.1) is 28.1 Å². The summed E-state index contributed by atoms with van der Waals surface area (Å²) in [5, 5.41) is 41.4. The van der Waals surface area contributed by atoms with Crippen molar-refractivity contribution in [2.45, 2.75) is 114 Å². The fraction of sp³-hybridized carbons (Fsp3) is 0.455. The molecule has 4 aromatic carbocycles. The van der Waals surface area contributed by atoms with Crippen LogP contribution in [0.15, 0.2) is 117 Å². The van der Waals surface area contributed by atoms with E-state index in [4.69, 9.17) is 24.4 Å². The highest BCUT2D eigenvalue weighted by Gasteiger charge is 2.46. The van der Waals surface area contributed by atoms with Crippen molar-refractivity contribution in [3.05, 3.63) is 118 Å². The van der Waals surface area contributed by atoms with Crippen molar-refractivity contribution < 1.29 is 74.6 Å². The molecule has 79 heavy (non-hydrogen) atoms. The summed E-state index contributed by atoms with van der Waals surface area (Å²) in [4.78, 5) is 16.8. The summed E-state index contributed by atoms with van der Waals surface area (Å²) in [6.45, 7) is 15.5. The van der Waals surface area contributed by atoms with E-state index >= 15 is 0 Å². The van der Waals surface area contributed by atoms with Crippen LogP contribution in [0.3, 0.4) is 0 Å². The average Bonchev–Trinajstić information content (AvgIpc) is 3.84. The molecule has 0 bridgehead atoms. The van der Waals surface area contributed by atoms with Gasteiger partial charge in [-0.25, -0.2) is 28.5 Å². The highest BCUT2D eigenvalue weighted by atomic mass is 32.2. The van der Waals surface area contributed by atoms with Gasteiger partial charge in [-0.3, -0.25) is 9.35 Å². The van der Waals surface area contributed by atoms with Gasteiger partial charge in [0.15, 0.2) is 5.71 Å². The Bertz CT molecular complexity index is 3280. The Hall–Kier alpha value is -3.64. The van der Waals surface area contributed by atoms with Crippen molar-refractivity contribution in [1.82, 2.24) is 4.31 Å². The third-order valence-corrected chi connectivity index (χ3v) is 20.6. The Morgan fingerprint density at radius 2 is 1.44 bits per heavy atom. The summed E-state index contributed by atoms with van der Waals surface area (Å²) in [5.74, 6) is 0.735. The molecular formula is C55H70N3O15S6+. The first kappa shape index (κ1) is 63.0. The SMILES string of the molecule is CN(CCCC(=O)C(C)(C)C)S(=O)(=O)c1cccc2c3c(ccc12)N(CCCSOOO)/C(=C/C=C1\CCCC(/C=C/C2=[N+](CCCSOOO)c4ccc5c(SOOO)cccc5c4C2(C)C)=C1SCCS(=O)(=O)O)C3(C)C. The molecule has 2 aliphatic heterocycles. The molecule has 1 aliphatic carbocycles. The number of hydrogen-bond acceptors (Lipinski definition) is 19. The minimum Gasteiger partial charge on any atom is -0.344 e. The number of sulfonamides is 1. The lowest BCUT2D eigenvalue weighted by Gasteiger charge is -2.27. The number of carbonyl (C=O) groups excluding carboxylic acids is 1. The Morgan fingerprint density at radius 1 is 0.772 bits per heavy atom. The second kappa shape index (κ2) is 27.2. The molecule has 0 aromatic heterocycles. The predicted octanol–water partition coefficient (Wildman–Crippen LogP) is 13.0.